The zero-order valence-electron chi connectivity index (χ0n) is 11.6. The van der Waals surface area contributed by atoms with E-state index in [9.17, 15) is 0 Å². The average Bonchev–Trinajstić information content (AvgIpc) is 2.42. The van der Waals surface area contributed by atoms with E-state index in [1.54, 1.807) is 0 Å². The molecule has 0 spiro atoms. The van der Waals surface area contributed by atoms with Crippen LogP contribution in [0.5, 0.6) is 0 Å². The predicted molar refractivity (Wildman–Crippen MR) is 91.1 cm³/mol. The molecule has 0 fully saturated rings. The molecular weight excluding hydrogens is 236 g/mol. The smallest absolute Gasteiger partial charge is 0.0498 e. The van der Waals surface area contributed by atoms with Crippen LogP contribution in [0.15, 0.2) is 61.7 Å². The number of rotatable bonds is 1. The highest BCUT2D eigenvalue weighted by Crippen LogP contribution is 2.11. The third kappa shape index (κ3) is 6.41. The van der Waals surface area contributed by atoms with E-state index in [1.807, 2.05) is 0 Å². The Hall–Kier alpha value is -1.34. The highest BCUT2D eigenvalue weighted by Gasteiger charge is 1.85. The van der Waals surface area contributed by atoms with Gasteiger partial charge in [0.1, 0.15) is 0 Å². The van der Waals surface area contributed by atoms with Gasteiger partial charge >= 0.3 is 0 Å². The molecule has 0 heterocycles. The van der Waals surface area contributed by atoms with E-state index in [0.29, 0.717) is 5.25 Å². The largest absolute Gasteiger partial charge is 0.314 e. The van der Waals surface area contributed by atoms with Crippen molar-refractivity contribution in [2.45, 2.75) is 19.1 Å². The zero-order chi connectivity index (χ0) is 14.0. The van der Waals surface area contributed by atoms with Gasteiger partial charge in [0.2, 0.25) is 0 Å². The van der Waals surface area contributed by atoms with Crippen LogP contribution in [0.1, 0.15) is 13.8 Å². The van der Waals surface area contributed by atoms with Gasteiger partial charge in [-0.25, -0.2) is 0 Å². The first-order chi connectivity index (χ1) is 8.61. The summed E-state index contributed by atoms with van der Waals surface area (Å²) < 4.78 is 0. The maximum atomic E-state index is 5.50. The van der Waals surface area contributed by atoms with Crippen molar-refractivity contribution in [1.29, 1.82) is 0 Å². The molecule has 0 radical (unpaired) electrons. The molecule has 1 unspecified atom stereocenters. The van der Waals surface area contributed by atoms with Crippen molar-refractivity contribution in [1.82, 2.24) is 0 Å². The first-order valence-corrected chi connectivity index (χ1v) is 7.95. The lowest BCUT2D eigenvalue weighted by Gasteiger charge is -2.02. The normalized spacial score (nSPS) is 10.9. The second kappa shape index (κ2) is 9.67. The maximum absolute atomic E-state index is 5.50. The SMILES string of the molecule is C=C.[CH-]=[SH+](C)C(C)C.c1ccc2ccccc2c1. The number of fused-ring (bicyclic) bond motifs is 1. The minimum atomic E-state index is -0.159. The Kier molecular flexibility index (Phi) is 8.95. The van der Waals surface area contributed by atoms with Crippen LogP contribution in [0.2, 0.25) is 0 Å². The minimum absolute atomic E-state index is 0.159. The van der Waals surface area contributed by atoms with Crippen LogP contribution in [-0.4, -0.2) is 17.4 Å². The molecule has 0 bridgehead atoms. The summed E-state index contributed by atoms with van der Waals surface area (Å²) in [4.78, 5) is 0. The molecule has 98 valence electrons. The summed E-state index contributed by atoms with van der Waals surface area (Å²) in [6.07, 6.45) is 2.08. The van der Waals surface area contributed by atoms with Gasteiger partial charge in [-0.1, -0.05) is 48.5 Å². The van der Waals surface area contributed by atoms with Gasteiger partial charge in [0.25, 0.3) is 0 Å². The Bertz CT molecular complexity index is 406. The van der Waals surface area contributed by atoms with E-state index in [0.717, 1.165) is 0 Å². The highest BCUT2D eigenvalue weighted by molar-refractivity contribution is 7.94. The predicted octanol–water partition coefficient (Wildman–Crippen LogP) is 4.33. The Balaban J connectivity index is 0.000000315. The van der Waals surface area contributed by atoms with Crippen molar-refractivity contribution < 1.29 is 0 Å². The summed E-state index contributed by atoms with van der Waals surface area (Å²) in [7, 11) is -0.159. The zero-order valence-corrected chi connectivity index (χ0v) is 12.5. The quantitative estimate of drug-likeness (QED) is 0.235. The summed E-state index contributed by atoms with van der Waals surface area (Å²) in [5.41, 5.74) is 0. The maximum Gasteiger partial charge on any atom is 0.0498 e. The lowest BCUT2D eigenvalue weighted by Crippen LogP contribution is -2.00. The van der Waals surface area contributed by atoms with Crippen LogP contribution in [0, 0.1) is 0 Å². The van der Waals surface area contributed by atoms with E-state index >= 15 is 0 Å². The van der Waals surface area contributed by atoms with Crippen molar-refractivity contribution in [3.8, 4) is 0 Å². The van der Waals surface area contributed by atoms with Gasteiger partial charge in [-0.05, 0) is 24.6 Å². The molecular formula is C17H24S. The van der Waals surface area contributed by atoms with Gasteiger partial charge in [-0.3, -0.25) is 0 Å². The van der Waals surface area contributed by atoms with Gasteiger partial charge in [-0.2, -0.15) is 0 Å². The third-order valence-electron chi connectivity index (χ3n) is 2.47. The van der Waals surface area contributed by atoms with Gasteiger partial charge in [0, 0.05) is 11.5 Å². The summed E-state index contributed by atoms with van der Waals surface area (Å²) in [6.45, 7) is 10.3. The van der Waals surface area contributed by atoms with Crippen molar-refractivity contribution in [2.24, 2.45) is 0 Å². The fourth-order valence-electron chi connectivity index (χ4n) is 1.13. The molecule has 2 aromatic carbocycles. The van der Waals surface area contributed by atoms with Crippen molar-refractivity contribution in [2.75, 3.05) is 6.26 Å². The van der Waals surface area contributed by atoms with Crippen LogP contribution in [0.4, 0.5) is 0 Å². The van der Waals surface area contributed by atoms with E-state index in [2.05, 4.69) is 81.8 Å². The monoisotopic (exact) mass is 260 g/mol. The summed E-state index contributed by atoms with van der Waals surface area (Å²) >= 11 is 0. The molecule has 1 atom stereocenters. The Morgan fingerprint density at radius 2 is 1.11 bits per heavy atom. The summed E-state index contributed by atoms with van der Waals surface area (Å²) in [5.74, 6) is 5.50. The molecule has 0 aliphatic rings. The minimum Gasteiger partial charge on any atom is -0.314 e. The number of thiol groups is 1. The number of benzene rings is 2. The Morgan fingerprint density at radius 1 is 0.889 bits per heavy atom. The molecule has 2 aromatic rings. The molecule has 1 heteroatoms. The first-order valence-electron chi connectivity index (χ1n) is 6.02. The van der Waals surface area contributed by atoms with E-state index in [4.69, 9.17) is 5.87 Å². The molecule has 2 rings (SSSR count). The van der Waals surface area contributed by atoms with E-state index < -0.39 is 0 Å². The molecule has 0 N–H and O–H groups in total. The van der Waals surface area contributed by atoms with Gasteiger partial charge in [0.05, 0.1) is 0 Å². The molecule has 0 saturated carbocycles. The second-order valence-electron chi connectivity index (χ2n) is 4.11. The van der Waals surface area contributed by atoms with Crippen LogP contribution in [0.3, 0.4) is 0 Å². The van der Waals surface area contributed by atoms with Gasteiger partial charge in [0.15, 0.2) is 0 Å². The van der Waals surface area contributed by atoms with Crippen LogP contribution >= 0.6 is 0 Å². The lowest BCUT2D eigenvalue weighted by atomic mass is 10.1. The van der Waals surface area contributed by atoms with Crippen LogP contribution in [0.25, 0.3) is 10.8 Å². The molecule has 18 heavy (non-hydrogen) atoms. The molecule has 0 nitrogen and oxygen atoms in total. The van der Waals surface area contributed by atoms with Crippen LogP contribution in [-0.2, 0) is 10.5 Å². The highest BCUT2D eigenvalue weighted by atomic mass is 32.2. The van der Waals surface area contributed by atoms with Crippen LogP contribution < -0.4 is 0 Å². The Labute approximate surface area is 114 Å². The van der Waals surface area contributed by atoms with Gasteiger partial charge < -0.3 is 16.4 Å². The fourth-order valence-corrected chi connectivity index (χ4v) is 1.13. The summed E-state index contributed by atoms with van der Waals surface area (Å²) in [6, 6.07) is 16.7. The van der Waals surface area contributed by atoms with Gasteiger partial charge in [-0.15, -0.1) is 13.2 Å². The lowest BCUT2D eigenvalue weighted by molar-refractivity contribution is 1.11. The molecule has 0 aromatic heterocycles. The molecule has 0 aliphatic heterocycles. The van der Waals surface area contributed by atoms with E-state index in [1.165, 1.54) is 10.8 Å². The fraction of sp³-hybridized carbons (Fsp3) is 0.235. The number of hydrogen-bond acceptors (Lipinski definition) is 0. The van der Waals surface area contributed by atoms with Crippen molar-refractivity contribution in [3.05, 3.63) is 61.7 Å². The topological polar surface area (TPSA) is 0 Å². The van der Waals surface area contributed by atoms with Crippen molar-refractivity contribution in [3.63, 3.8) is 0 Å². The van der Waals surface area contributed by atoms with Crippen molar-refractivity contribution >= 4 is 27.1 Å². The molecule has 0 aliphatic carbocycles. The number of hydrogen-bond donors (Lipinski definition) is 0. The molecule has 0 amide bonds. The molecule has 0 saturated heterocycles. The second-order valence-corrected chi connectivity index (χ2v) is 6.47. The summed E-state index contributed by atoms with van der Waals surface area (Å²) in [5, 5.41) is 3.31. The average molecular weight is 260 g/mol. The first kappa shape index (κ1) is 16.7. The van der Waals surface area contributed by atoms with E-state index in [-0.39, 0.29) is 10.5 Å². The Morgan fingerprint density at radius 3 is 1.28 bits per heavy atom. The third-order valence-corrected chi connectivity index (χ3v) is 4.10. The standard InChI is InChI=1S/C10H8.C5H12S.C2H4/c1-2-6-10-8-4-3-7-9(10)5-1;1-5(2)6(3)4;1-2/h1-8H;3,5-6H,1-2,4H3;1-2H2.